The van der Waals surface area contributed by atoms with Gasteiger partial charge in [-0.2, -0.15) is 4.99 Å². The summed E-state index contributed by atoms with van der Waals surface area (Å²) in [5.41, 5.74) is 0. The molecular formula is C11H6N4O3S3. The molecular weight excluding hydrogens is 332 g/mol. The van der Waals surface area contributed by atoms with Gasteiger partial charge >= 0.3 is 5.00 Å². The molecule has 0 atom stereocenters. The van der Waals surface area contributed by atoms with Crippen LogP contribution in [-0.2, 0) is 4.79 Å². The number of carbonyl (C=O) groups excluding carboxylic acids is 1. The Bertz CT molecular complexity index is 764. The minimum absolute atomic E-state index is 0.0435. The van der Waals surface area contributed by atoms with Crippen LogP contribution in [0.4, 0.5) is 10.1 Å². The van der Waals surface area contributed by atoms with Gasteiger partial charge in [-0.15, -0.1) is 11.3 Å². The van der Waals surface area contributed by atoms with Crippen LogP contribution >= 0.6 is 34.4 Å². The lowest BCUT2D eigenvalue weighted by Crippen LogP contribution is -2.19. The van der Waals surface area contributed by atoms with Crippen molar-refractivity contribution < 1.29 is 9.72 Å². The molecule has 2 aromatic rings. The summed E-state index contributed by atoms with van der Waals surface area (Å²) in [6.45, 7) is 0. The van der Waals surface area contributed by atoms with Gasteiger partial charge in [-0.05, 0) is 23.9 Å². The fourth-order valence-electron chi connectivity index (χ4n) is 1.49. The highest BCUT2D eigenvalue weighted by atomic mass is 32.2. The molecule has 10 heteroatoms. The third-order valence-corrected chi connectivity index (χ3v) is 4.89. The Morgan fingerprint density at radius 3 is 2.95 bits per heavy atom. The Balaban J connectivity index is 1.81. The molecule has 0 aromatic carbocycles. The van der Waals surface area contributed by atoms with E-state index in [2.05, 4.69) is 15.3 Å². The summed E-state index contributed by atoms with van der Waals surface area (Å²) in [6, 6.07) is 3.03. The largest absolute Gasteiger partial charge is 0.324 e. The number of thioether (sulfide) groups is 1. The van der Waals surface area contributed by atoms with Crippen LogP contribution in [0.3, 0.4) is 0 Å². The van der Waals surface area contributed by atoms with E-state index in [1.165, 1.54) is 29.2 Å². The molecule has 3 heterocycles. The van der Waals surface area contributed by atoms with Crippen LogP contribution in [0.15, 0.2) is 33.6 Å². The number of amidine groups is 1. The van der Waals surface area contributed by atoms with Gasteiger partial charge < -0.3 is 5.32 Å². The number of rotatable bonds is 3. The van der Waals surface area contributed by atoms with Crippen LogP contribution in [0, 0.1) is 10.1 Å². The standard InChI is InChI=1S/C11H6N4O3S3/c16-9-7(5-6-1-2-8(20-6)15(17)18)21-11(13-9)14-10-12-3-4-19-10/h1-5H,(H,12,13,14,16)/b7-5-. The molecule has 7 nitrogen and oxygen atoms in total. The molecule has 0 bridgehead atoms. The van der Waals surface area contributed by atoms with Gasteiger partial charge in [-0.3, -0.25) is 14.9 Å². The fourth-order valence-corrected chi connectivity index (χ4v) is 3.71. The summed E-state index contributed by atoms with van der Waals surface area (Å²) in [5, 5.41) is 16.1. The maximum absolute atomic E-state index is 11.8. The molecule has 1 fully saturated rings. The highest BCUT2D eigenvalue weighted by molar-refractivity contribution is 8.18. The molecule has 21 heavy (non-hydrogen) atoms. The number of carbonyl (C=O) groups is 1. The summed E-state index contributed by atoms with van der Waals surface area (Å²) >= 11 is 3.57. The molecule has 1 saturated heterocycles. The summed E-state index contributed by atoms with van der Waals surface area (Å²) in [5.74, 6) is -0.272. The van der Waals surface area contributed by atoms with Crippen LogP contribution in [0.1, 0.15) is 4.88 Å². The van der Waals surface area contributed by atoms with Gasteiger partial charge in [0.05, 0.1) is 9.83 Å². The number of nitro groups is 1. The average molecular weight is 338 g/mol. The zero-order chi connectivity index (χ0) is 14.8. The normalized spacial score (nSPS) is 18.4. The average Bonchev–Trinajstić information content (AvgIpc) is 3.13. The Morgan fingerprint density at radius 2 is 2.29 bits per heavy atom. The molecule has 0 radical (unpaired) electrons. The molecule has 3 rings (SSSR count). The molecule has 2 aromatic heterocycles. The van der Waals surface area contributed by atoms with Crippen molar-refractivity contribution in [2.75, 3.05) is 0 Å². The van der Waals surface area contributed by atoms with E-state index in [1.807, 2.05) is 0 Å². The third kappa shape index (κ3) is 3.17. The number of nitrogens with one attached hydrogen (secondary N) is 1. The van der Waals surface area contributed by atoms with Gasteiger partial charge in [0.2, 0.25) is 5.13 Å². The van der Waals surface area contributed by atoms with Gasteiger partial charge in [0.25, 0.3) is 5.91 Å². The highest BCUT2D eigenvalue weighted by Gasteiger charge is 2.24. The quantitative estimate of drug-likeness (QED) is 0.527. The monoisotopic (exact) mass is 338 g/mol. The SMILES string of the molecule is O=C1NC(=Nc2nccs2)S/C1=C\c1ccc([N+](=O)[O-])s1. The number of thiazole rings is 1. The van der Waals surface area contributed by atoms with Gasteiger partial charge in [-0.1, -0.05) is 11.3 Å². The Kier molecular flexibility index (Phi) is 3.82. The Labute approximate surface area is 130 Å². The summed E-state index contributed by atoms with van der Waals surface area (Å²) in [6.07, 6.45) is 3.25. The van der Waals surface area contributed by atoms with Crippen LogP contribution in [0.5, 0.6) is 0 Å². The predicted molar refractivity (Wildman–Crippen MR) is 83.9 cm³/mol. The number of hydrogen-bond donors (Lipinski definition) is 1. The van der Waals surface area contributed by atoms with Gasteiger partial charge in [-0.25, -0.2) is 4.98 Å². The first kappa shape index (κ1) is 13.9. The molecule has 0 unspecified atom stereocenters. The van der Waals surface area contributed by atoms with Crippen molar-refractivity contribution in [2.45, 2.75) is 0 Å². The van der Waals surface area contributed by atoms with Gasteiger partial charge in [0.15, 0.2) is 5.17 Å². The van der Waals surface area contributed by atoms with E-state index in [0.29, 0.717) is 20.1 Å². The maximum atomic E-state index is 11.8. The van der Waals surface area contributed by atoms with E-state index in [9.17, 15) is 14.9 Å². The lowest BCUT2D eigenvalue weighted by atomic mass is 10.4. The summed E-state index contributed by atoms with van der Waals surface area (Å²) in [4.78, 5) is 31.3. The second-order valence-electron chi connectivity index (χ2n) is 3.73. The van der Waals surface area contributed by atoms with Crippen LogP contribution in [0.25, 0.3) is 6.08 Å². The topological polar surface area (TPSA) is 97.5 Å². The molecule has 1 amide bonds. The van der Waals surface area contributed by atoms with Gasteiger partial charge in [0.1, 0.15) is 0 Å². The molecule has 0 spiro atoms. The maximum Gasteiger partial charge on any atom is 0.324 e. The van der Waals surface area contributed by atoms with Crippen LogP contribution < -0.4 is 5.32 Å². The number of aromatic nitrogens is 1. The lowest BCUT2D eigenvalue weighted by Gasteiger charge is -1.89. The molecule has 1 aliphatic heterocycles. The van der Waals surface area contributed by atoms with Crippen LogP contribution in [0.2, 0.25) is 0 Å². The first-order valence-electron chi connectivity index (χ1n) is 5.55. The zero-order valence-electron chi connectivity index (χ0n) is 10.2. The van der Waals surface area contributed by atoms with E-state index >= 15 is 0 Å². The number of aliphatic imine (C=N–C) groups is 1. The minimum Gasteiger partial charge on any atom is -0.300 e. The predicted octanol–water partition coefficient (Wildman–Crippen LogP) is 3.00. The summed E-state index contributed by atoms with van der Waals surface area (Å²) < 4.78 is 0. The second-order valence-corrected chi connectivity index (χ2v) is 6.73. The van der Waals surface area contributed by atoms with Crippen molar-refractivity contribution in [3.63, 3.8) is 0 Å². The molecule has 0 saturated carbocycles. The lowest BCUT2D eigenvalue weighted by molar-refractivity contribution is -0.380. The first-order chi connectivity index (χ1) is 10.1. The third-order valence-electron chi connectivity index (χ3n) is 2.33. The molecule has 1 aliphatic rings. The van der Waals surface area contributed by atoms with Crippen molar-refractivity contribution in [2.24, 2.45) is 4.99 Å². The second kappa shape index (κ2) is 5.76. The van der Waals surface area contributed by atoms with Crippen molar-refractivity contribution in [1.82, 2.24) is 10.3 Å². The van der Waals surface area contributed by atoms with E-state index < -0.39 is 4.92 Å². The van der Waals surface area contributed by atoms with Crippen molar-refractivity contribution >= 4 is 61.7 Å². The summed E-state index contributed by atoms with van der Waals surface area (Å²) in [7, 11) is 0. The van der Waals surface area contributed by atoms with Crippen LogP contribution in [-0.4, -0.2) is 21.0 Å². The Hall–Kier alpha value is -2.04. The van der Waals surface area contributed by atoms with Crippen molar-refractivity contribution in [1.29, 1.82) is 0 Å². The zero-order valence-corrected chi connectivity index (χ0v) is 12.6. The van der Waals surface area contributed by atoms with E-state index in [1.54, 1.807) is 23.7 Å². The number of hydrogen-bond acceptors (Lipinski definition) is 8. The smallest absolute Gasteiger partial charge is 0.300 e. The number of nitrogens with zero attached hydrogens (tertiary/aromatic N) is 3. The van der Waals surface area contributed by atoms with Crippen molar-refractivity contribution in [3.8, 4) is 0 Å². The fraction of sp³-hybridized carbons (Fsp3) is 0. The van der Waals surface area contributed by atoms with E-state index in [-0.39, 0.29) is 10.9 Å². The first-order valence-corrected chi connectivity index (χ1v) is 8.06. The Morgan fingerprint density at radius 1 is 1.43 bits per heavy atom. The molecule has 106 valence electrons. The molecule has 1 N–H and O–H groups in total. The van der Waals surface area contributed by atoms with E-state index in [4.69, 9.17) is 0 Å². The number of thiophene rings is 1. The van der Waals surface area contributed by atoms with Gasteiger partial charge in [0, 0.05) is 22.5 Å². The number of amides is 1. The van der Waals surface area contributed by atoms with Crippen molar-refractivity contribution in [3.05, 3.63) is 43.6 Å². The van der Waals surface area contributed by atoms with E-state index in [0.717, 1.165) is 11.3 Å². The molecule has 0 aliphatic carbocycles. The minimum atomic E-state index is -0.454. The highest BCUT2D eigenvalue weighted by Crippen LogP contribution is 2.32.